The molecule has 0 saturated carbocycles. The normalized spacial score (nSPS) is 23.1. The molecule has 0 N–H and O–H groups in total. The van der Waals surface area contributed by atoms with Crippen molar-refractivity contribution in [3.05, 3.63) is 64.2 Å². The Morgan fingerprint density at radius 3 is 2.16 bits per heavy atom. The van der Waals surface area contributed by atoms with Crippen LogP contribution in [0.5, 0.6) is 5.75 Å². The number of ether oxygens (including phenoxy) is 5. The van der Waals surface area contributed by atoms with E-state index in [0.29, 0.717) is 23.6 Å². The minimum atomic E-state index is -0.913. The number of rotatable bonds is 9. The first-order chi connectivity index (χ1) is 17.6. The third-order valence-corrected chi connectivity index (χ3v) is 6.50. The van der Waals surface area contributed by atoms with Crippen LogP contribution in [0.3, 0.4) is 0 Å². The largest absolute Gasteiger partial charge is 0.494 e. The van der Waals surface area contributed by atoms with Crippen molar-refractivity contribution in [2.24, 2.45) is 5.92 Å². The Kier molecular flexibility index (Phi) is 9.94. The van der Waals surface area contributed by atoms with E-state index in [1.54, 1.807) is 19.1 Å². The highest BCUT2D eigenvalue weighted by atomic mass is 35.5. The number of halogens is 1. The summed E-state index contributed by atoms with van der Waals surface area (Å²) in [4.78, 5) is 35.5. The van der Waals surface area contributed by atoms with E-state index in [1.807, 2.05) is 37.3 Å². The molecule has 0 radical (unpaired) electrons. The van der Waals surface area contributed by atoms with Crippen molar-refractivity contribution in [1.29, 1.82) is 0 Å². The Morgan fingerprint density at radius 2 is 1.57 bits per heavy atom. The van der Waals surface area contributed by atoms with Crippen LogP contribution in [0.1, 0.15) is 57.4 Å². The Bertz CT molecular complexity index is 1100. The average Bonchev–Trinajstić information content (AvgIpc) is 2.83. The van der Waals surface area contributed by atoms with Gasteiger partial charge in [-0.3, -0.25) is 14.4 Å². The second-order valence-corrected chi connectivity index (χ2v) is 9.42. The highest BCUT2D eigenvalue weighted by molar-refractivity contribution is 6.31. The van der Waals surface area contributed by atoms with Crippen molar-refractivity contribution < 1.29 is 38.1 Å². The molecule has 3 rings (SSSR count). The van der Waals surface area contributed by atoms with E-state index in [4.69, 9.17) is 35.3 Å². The standard InChI is InChI=1S/C28H33ClO8/c1-6-33-23-10-7-20(8-11-23)13-22-14-21(9-12-24(22)29)27-28(36-19(5)32)26(35-18(4)31)16(2)25(37-27)15-34-17(3)30/h7-12,14,16,25-28H,6,13,15H2,1-5H3/t16?,25-,26?,27+,28?/m1/s1. The highest BCUT2D eigenvalue weighted by Gasteiger charge is 2.48. The van der Waals surface area contributed by atoms with Gasteiger partial charge in [0.15, 0.2) is 6.10 Å². The van der Waals surface area contributed by atoms with Gasteiger partial charge in [-0.25, -0.2) is 0 Å². The van der Waals surface area contributed by atoms with Gasteiger partial charge < -0.3 is 23.7 Å². The first-order valence-electron chi connectivity index (χ1n) is 12.2. The van der Waals surface area contributed by atoms with Gasteiger partial charge in [0, 0.05) is 31.7 Å². The summed E-state index contributed by atoms with van der Waals surface area (Å²) in [6.07, 6.45) is -2.57. The molecule has 0 aliphatic carbocycles. The molecule has 0 bridgehead atoms. The van der Waals surface area contributed by atoms with Crippen molar-refractivity contribution in [1.82, 2.24) is 0 Å². The Balaban J connectivity index is 1.96. The second-order valence-electron chi connectivity index (χ2n) is 9.01. The Morgan fingerprint density at radius 1 is 0.919 bits per heavy atom. The van der Waals surface area contributed by atoms with Gasteiger partial charge in [-0.15, -0.1) is 0 Å². The van der Waals surface area contributed by atoms with Crippen LogP contribution in [0.2, 0.25) is 5.02 Å². The molecule has 1 fully saturated rings. The maximum Gasteiger partial charge on any atom is 0.303 e. The van der Waals surface area contributed by atoms with E-state index in [1.165, 1.54) is 20.8 Å². The quantitative estimate of drug-likeness (QED) is 0.334. The minimum Gasteiger partial charge on any atom is -0.494 e. The fourth-order valence-electron chi connectivity index (χ4n) is 4.42. The van der Waals surface area contributed by atoms with E-state index in [0.717, 1.165) is 16.9 Å². The van der Waals surface area contributed by atoms with Crippen LogP contribution in [-0.4, -0.2) is 49.4 Å². The van der Waals surface area contributed by atoms with Crippen molar-refractivity contribution in [2.75, 3.05) is 13.2 Å². The number of carbonyl (C=O) groups is 3. The number of hydrogen-bond acceptors (Lipinski definition) is 8. The summed E-state index contributed by atoms with van der Waals surface area (Å²) in [5, 5.41) is 0.568. The predicted octanol–water partition coefficient (Wildman–Crippen LogP) is 4.83. The van der Waals surface area contributed by atoms with Crippen LogP contribution >= 0.6 is 11.6 Å². The van der Waals surface area contributed by atoms with E-state index in [9.17, 15) is 14.4 Å². The van der Waals surface area contributed by atoms with Gasteiger partial charge in [-0.1, -0.05) is 42.8 Å². The van der Waals surface area contributed by atoms with Crippen molar-refractivity contribution in [2.45, 2.75) is 65.5 Å². The van der Waals surface area contributed by atoms with E-state index < -0.39 is 48.2 Å². The molecule has 200 valence electrons. The summed E-state index contributed by atoms with van der Waals surface area (Å²) in [5.41, 5.74) is 2.56. The van der Waals surface area contributed by atoms with Gasteiger partial charge >= 0.3 is 17.9 Å². The van der Waals surface area contributed by atoms with Gasteiger partial charge in [0.2, 0.25) is 0 Å². The van der Waals surface area contributed by atoms with Crippen molar-refractivity contribution in [3.63, 3.8) is 0 Å². The van der Waals surface area contributed by atoms with Gasteiger partial charge in [-0.2, -0.15) is 0 Å². The van der Waals surface area contributed by atoms with Crippen LogP contribution in [0.25, 0.3) is 0 Å². The lowest BCUT2D eigenvalue weighted by Crippen LogP contribution is -2.54. The number of benzene rings is 2. The second kappa shape index (κ2) is 12.9. The molecule has 2 aromatic rings. The maximum absolute atomic E-state index is 12.0. The lowest BCUT2D eigenvalue weighted by Gasteiger charge is -2.44. The Labute approximate surface area is 222 Å². The molecule has 0 spiro atoms. The zero-order valence-corrected chi connectivity index (χ0v) is 22.4. The molecule has 2 aromatic carbocycles. The lowest BCUT2D eigenvalue weighted by atomic mass is 9.85. The van der Waals surface area contributed by atoms with Crippen molar-refractivity contribution in [3.8, 4) is 5.75 Å². The molecular weight excluding hydrogens is 500 g/mol. The predicted molar refractivity (Wildman–Crippen MR) is 136 cm³/mol. The topological polar surface area (TPSA) is 97.4 Å². The van der Waals surface area contributed by atoms with Gasteiger partial charge in [-0.05, 0) is 48.2 Å². The van der Waals surface area contributed by atoms with E-state index in [-0.39, 0.29) is 6.61 Å². The first-order valence-corrected chi connectivity index (χ1v) is 12.6. The van der Waals surface area contributed by atoms with Gasteiger partial charge in [0.1, 0.15) is 24.6 Å². The molecular formula is C28H33ClO8. The third-order valence-electron chi connectivity index (χ3n) is 6.13. The fraction of sp³-hybridized carbons (Fsp3) is 0.464. The molecule has 1 aliphatic heterocycles. The SMILES string of the molecule is CCOc1ccc(Cc2cc([C@@H]3O[C@H](COC(C)=O)C(C)C(OC(C)=O)C3OC(C)=O)ccc2Cl)cc1. The molecule has 8 nitrogen and oxygen atoms in total. The van der Waals surface area contributed by atoms with Crippen LogP contribution in [0, 0.1) is 5.92 Å². The molecule has 1 saturated heterocycles. The summed E-state index contributed by atoms with van der Waals surface area (Å²) in [7, 11) is 0. The summed E-state index contributed by atoms with van der Waals surface area (Å²) in [6.45, 7) is 8.17. The van der Waals surface area contributed by atoms with Crippen LogP contribution < -0.4 is 4.74 Å². The fourth-order valence-corrected chi connectivity index (χ4v) is 4.60. The number of carbonyl (C=O) groups excluding carboxylic acids is 3. The number of hydrogen-bond donors (Lipinski definition) is 0. The van der Waals surface area contributed by atoms with Crippen LogP contribution in [-0.2, 0) is 39.8 Å². The van der Waals surface area contributed by atoms with E-state index in [2.05, 4.69) is 0 Å². The first kappa shape index (κ1) is 28.5. The third kappa shape index (κ3) is 7.69. The summed E-state index contributed by atoms with van der Waals surface area (Å²) >= 11 is 6.54. The zero-order valence-electron chi connectivity index (χ0n) is 21.7. The van der Waals surface area contributed by atoms with Gasteiger partial charge in [0.25, 0.3) is 0 Å². The molecule has 3 unspecified atom stereocenters. The molecule has 9 heteroatoms. The molecule has 5 atom stereocenters. The molecule has 0 aromatic heterocycles. The van der Waals surface area contributed by atoms with Crippen LogP contribution in [0.15, 0.2) is 42.5 Å². The Hall–Kier alpha value is -3.10. The summed E-state index contributed by atoms with van der Waals surface area (Å²) in [6, 6.07) is 13.2. The highest BCUT2D eigenvalue weighted by Crippen LogP contribution is 2.40. The number of esters is 3. The lowest BCUT2D eigenvalue weighted by molar-refractivity contribution is -0.232. The monoisotopic (exact) mass is 532 g/mol. The van der Waals surface area contributed by atoms with Gasteiger partial charge in [0.05, 0.1) is 12.7 Å². The minimum absolute atomic E-state index is 0.0375. The maximum atomic E-state index is 12.0. The zero-order chi connectivity index (χ0) is 27.1. The molecule has 0 amide bonds. The molecule has 37 heavy (non-hydrogen) atoms. The summed E-state index contributed by atoms with van der Waals surface area (Å²) in [5.74, 6) is -1.14. The van der Waals surface area contributed by atoms with Crippen LogP contribution in [0.4, 0.5) is 0 Å². The smallest absolute Gasteiger partial charge is 0.303 e. The molecule has 1 heterocycles. The average molecular weight is 533 g/mol. The van der Waals surface area contributed by atoms with Crippen molar-refractivity contribution >= 4 is 29.5 Å². The molecule has 1 aliphatic rings. The van der Waals surface area contributed by atoms with E-state index >= 15 is 0 Å². The summed E-state index contributed by atoms with van der Waals surface area (Å²) < 4.78 is 28.3.